The lowest BCUT2D eigenvalue weighted by Gasteiger charge is -2.17. The van der Waals surface area contributed by atoms with E-state index in [1.807, 2.05) is 6.07 Å². The standard InChI is InChI=1S/C11H11BrO5/c12-11(9(13)14,10(15)16)6-7-17-8-4-2-1-3-5-8/h1-5H,6-7H2,(H,13,14)(H,15,16). The number of para-hydroxylation sites is 1. The molecule has 0 bridgehead atoms. The zero-order valence-corrected chi connectivity index (χ0v) is 10.4. The van der Waals surface area contributed by atoms with Gasteiger partial charge in [0.1, 0.15) is 5.75 Å². The molecule has 1 aromatic carbocycles. The highest BCUT2D eigenvalue weighted by atomic mass is 79.9. The Bertz CT molecular complexity index is 390. The summed E-state index contributed by atoms with van der Waals surface area (Å²) in [6, 6.07) is 8.77. The first-order valence-electron chi connectivity index (χ1n) is 4.80. The smallest absolute Gasteiger partial charge is 0.332 e. The molecular formula is C11H11BrO5. The fourth-order valence-electron chi connectivity index (χ4n) is 1.13. The van der Waals surface area contributed by atoms with E-state index in [1.54, 1.807) is 24.3 Å². The third-order valence-electron chi connectivity index (χ3n) is 2.14. The molecule has 2 N–H and O–H groups in total. The van der Waals surface area contributed by atoms with Gasteiger partial charge in [0.25, 0.3) is 0 Å². The van der Waals surface area contributed by atoms with Crippen LogP contribution in [0.5, 0.6) is 5.75 Å². The van der Waals surface area contributed by atoms with Gasteiger partial charge in [0.2, 0.25) is 4.32 Å². The minimum absolute atomic E-state index is 0.00609. The van der Waals surface area contributed by atoms with Crippen molar-refractivity contribution >= 4 is 27.9 Å². The molecule has 0 amide bonds. The Balaban J connectivity index is 2.55. The molecule has 1 rings (SSSR count). The topological polar surface area (TPSA) is 83.8 Å². The van der Waals surface area contributed by atoms with E-state index >= 15 is 0 Å². The third kappa shape index (κ3) is 3.45. The molecule has 17 heavy (non-hydrogen) atoms. The Hall–Kier alpha value is -1.56. The lowest BCUT2D eigenvalue weighted by molar-refractivity contribution is -0.151. The molecule has 0 aromatic heterocycles. The highest BCUT2D eigenvalue weighted by Gasteiger charge is 2.43. The van der Waals surface area contributed by atoms with Crippen LogP contribution in [0.3, 0.4) is 0 Å². The SMILES string of the molecule is O=C(O)C(Br)(CCOc1ccccc1)C(=O)O. The minimum atomic E-state index is -2.00. The highest BCUT2D eigenvalue weighted by molar-refractivity contribution is 9.10. The Morgan fingerprint density at radius 2 is 1.71 bits per heavy atom. The molecule has 1 aromatic rings. The average Bonchev–Trinajstić information content (AvgIpc) is 2.29. The number of halogens is 1. The van der Waals surface area contributed by atoms with Gasteiger partial charge < -0.3 is 14.9 Å². The molecule has 0 saturated carbocycles. The maximum atomic E-state index is 10.8. The molecule has 0 unspecified atom stereocenters. The number of aliphatic carboxylic acids is 2. The monoisotopic (exact) mass is 302 g/mol. The van der Waals surface area contributed by atoms with Crippen molar-refractivity contribution in [2.75, 3.05) is 6.61 Å². The molecule has 0 spiro atoms. The maximum Gasteiger partial charge on any atom is 0.332 e. The van der Waals surface area contributed by atoms with Crippen molar-refractivity contribution in [2.45, 2.75) is 10.7 Å². The second-order valence-corrected chi connectivity index (χ2v) is 4.68. The first-order chi connectivity index (χ1) is 7.97. The van der Waals surface area contributed by atoms with Crippen molar-refractivity contribution < 1.29 is 24.5 Å². The predicted molar refractivity (Wildman–Crippen MR) is 63.5 cm³/mol. The highest BCUT2D eigenvalue weighted by Crippen LogP contribution is 2.24. The number of hydrogen-bond acceptors (Lipinski definition) is 3. The third-order valence-corrected chi connectivity index (χ3v) is 3.21. The van der Waals surface area contributed by atoms with Gasteiger partial charge in [0, 0.05) is 6.42 Å². The number of ether oxygens (including phenoxy) is 1. The lowest BCUT2D eigenvalue weighted by Crippen LogP contribution is -2.41. The molecule has 5 nitrogen and oxygen atoms in total. The molecule has 0 fully saturated rings. The number of rotatable bonds is 6. The molecule has 6 heteroatoms. The average molecular weight is 303 g/mol. The van der Waals surface area contributed by atoms with E-state index in [1.165, 1.54) is 0 Å². The molecule has 0 aliphatic heterocycles. The van der Waals surface area contributed by atoms with E-state index in [0.717, 1.165) is 0 Å². The number of carboxylic acid groups (broad SMARTS) is 2. The Kier molecular flexibility index (Phi) is 4.51. The van der Waals surface area contributed by atoms with Crippen LogP contribution in [-0.2, 0) is 9.59 Å². The second kappa shape index (κ2) is 5.67. The number of benzene rings is 1. The van der Waals surface area contributed by atoms with Crippen LogP contribution in [0.15, 0.2) is 30.3 Å². The quantitative estimate of drug-likeness (QED) is 0.618. The van der Waals surface area contributed by atoms with E-state index in [2.05, 4.69) is 15.9 Å². The van der Waals surface area contributed by atoms with Gasteiger partial charge >= 0.3 is 11.9 Å². The molecule has 92 valence electrons. The summed E-state index contributed by atoms with van der Waals surface area (Å²) in [6.45, 7) is -0.00609. The van der Waals surface area contributed by atoms with Gasteiger partial charge in [0.15, 0.2) is 0 Å². The number of hydrogen-bond donors (Lipinski definition) is 2. The van der Waals surface area contributed by atoms with Gasteiger partial charge in [-0.3, -0.25) is 9.59 Å². The van der Waals surface area contributed by atoms with Crippen LogP contribution in [0.2, 0.25) is 0 Å². The van der Waals surface area contributed by atoms with Crippen LogP contribution in [0, 0.1) is 0 Å². The summed E-state index contributed by atoms with van der Waals surface area (Å²) in [5.74, 6) is -2.32. The van der Waals surface area contributed by atoms with Crippen molar-refractivity contribution in [3.8, 4) is 5.75 Å². The molecule has 0 saturated heterocycles. The fraction of sp³-hybridized carbons (Fsp3) is 0.273. The Labute approximate surface area is 106 Å². The van der Waals surface area contributed by atoms with Gasteiger partial charge in [-0.2, -0.15) is 0 Å². The second-order valence-electron chi connectivity index (χ2n) is 3.32. The zero-order chi connectivity index (χ0) is 12.9. The van der Waals surface area contributed by atoms with Crippen LogP contribution in [-0.4, -0.2) is 33.1 Å². The van der Waals surface area contributed by atoms with E-state index < -0.39 is 16.3 Å². The van der Waals surface area contributed by atoms with Crippen LogP contribution in [0.4, 0.5) is 0 Å². The van der Waals surface area contributed by atoms with Gasteiger partial charge in [-0.25, -0.2) is 0 Å². The van der Waals surface area contributed by atoms with Crippen LogP contribution in [0.1, 0.15) is 6.42 Å². The van der Waals surface area contributed by atoms with Gasteiger partial charge in [-0.15, -0.1) is 0 Å². The van der Waals surface area contributed by atoms with E-state index in [0.29, 0.717) is 5.75 Å². The van der Waals surface area contributed by atoms with Gasteiger partial charge in [-0.1, -0.05) is 34.1 Å². The normalized spacial score (nSPS) is 10.9. The summed E-state index contributed by atoms with van der Waals surface area (Å²) in [4.78, 5) is 21.6. The van der Waals surface area contributed by atoms with E-state index in [4.69, 9.17) is 14.9 Å². The molecule has 0 radical (unpaired) electrons. The minimum Gasteiger partial charge on any atom is -0.494 e. The van der Waals surface area contributed by atoms with Crippen LogP contribution < -0.4 is 4.74 Å². The zero-order valence-electron chi connectivity index (χ0n) is 8.80. The maximum absolute atomic E-state index is 10.8. The summed E-state index contributed by atoms with van der Waals surface area (Å²) in [6.07, 6.45) is -0.174. The molecule has 0 aliphatic rings. The van der Waals surface area contributed by atoms with Crippen LogP contribution >= 0.6 is 15.9 Å². The fourth-order valence-corrected chi connectivity index (χ4v) is 1.29. The summed E-state index contributed by atoms with van der Waals surface area (Å²) >= 11 is 2.71. The largest absolute Gasteiger partial charge is 0.494 e. The van der Waals surface area contributed by atoms with Crippen molar-refractivity contribution in [3.05, 3.63) is 30.3 Å². The summed E-state index contributed by atoms with van der Waals surface area (Å²) < 4.78 is 3.25. The molecule has 0 aliphatic carbocycles. The van der Waals surface area contributed by atoms with E-state index in [9.17, 15) is 9.59 Å². The van der Waals surface area contributed by atoms with E-state index in [-0.39, 0.29) is 13.0 Å². The summed E-state index contributed by atoms with van der Waals surface area (Å²) in [5.41, 5.74) is 0. The Morgan fingerprint density at radius 1 is 1.18 bits per heavy atom. The van der Waals surface area contributed by atoms with Crippen molar-refractivity contribution in [3.63, 3.8) is 0 Å². The number of alkyl halides is 1. The van der Waals surface area contributed by atoms with Crippen molar-refractivity contribution in [1.82, 2.24) is 0 Å². The molecule has 0 heterocycles. The first kappa shape index (κ1) is 13.5. The summed E-state index contributed by atoms with van der Waals surface area (Å²) in [5, 5.41) is 17.6. The number of carbonyl (C=O) groups is 2. The van der Waals surface area contributed by atoms with Crippen molar-refractivity contribution in [1.29, 1.82) is 0 Å². The molecular weight excluding hydrogens is 292 g/mol. The van der Waals surface area contributed by atoms with Crippen molar-refractivity contribution in [2.24, 2.45) is 0 Å². The first-order valence-corrected chi connectivity index (χ1v) is 5.59. The predicted octanol–water partition coefficient (Wildman–Crippen LogP) is 1.76. The summed E-state index contributed by atoms with van der Waals surface area (Å²) in [7, 11) is 0. The Morgan fingerprint density at radius 3 is 2.18 bits per heavy atom. The van der Waals surface area contributed by atoms with Crippen LogP contribution in [0.25, 0.3) is 0 Å². The van der Waals surface area contributed by atoms with Gasteiger partial charge in [-0.05, 0) is 12.1 Å². The molecule has 0 atom stereocenters. The number of carboxylic acids is 2. The van der Waals surface area contributed by atoms with Gasteiger partial charge in [0.05, 0.1) is 6.61 Å². The lowest BCUT2D eigenvalue weighted by atomic mass is 10.1.